The summed E-state index contributed by atoms with van der Waals surface area (Å²) in [5, 5.41) is 22.0. The van der Waals surface area contributed by atoms with Crippen molar-refractivity contribution in [3.63, 3.8) is 0 Å². The number of hydrogen-bond acceptors (Lipinski definition) is 6. The van der Waals surface area contributed by atoms with E-state index in [1.807, 2.05) is 26.0 Å². The van der Waals surface area contributed by atoms with Crippen LogP contribution in [0, 0.1) is 11.3 Å². The minimum Gasteiger partial charge on any atom is -0.380 e. The van der Waals surface area contributed by atoms with Gasteiger partial charge in [-0.25, -0.2) is 0 Å². The smallest absolute Gasteiger partial charge is 0.186 e. The zero-order valence-electron chi connectivity index (χ0n) is 16.1. The van der Waals surface area contributed by atoms with Crippen LogP contribution in [0.5, 0.6) is 0 Å². The van der Waals surface area contributed by atoms with Crippen LogP contribution in [0.15, 0.2) is 42.5 Å². The molecule has 1 saturated heterocycles. The summed E-state index contributed by atoms with van der Waals surface area (Å²) in [7, 11) is 0. The minimum absolute atomic E-state index is 0.199. The Labute approximate surface area is 164 Å². The first-order chi connectivity index (χ1) is 13.7. The van der Waals surface area contributed by atoms with Crippen molar-refractivity contribution in [1.82, 2.24) is 10.2 Å². The van der Waals surface area contributed by atoms with Gasteiger partial charge in [-0.15, -0.1) is 10.2 Å². The highest BCUT2D eigenvalue weighted by molar-refractivity contribution is 5.95. The van der Waals surface area contributed by atoms with Crippen molar-refractivity contribution < 1.29 is 4.74 Å². The summed E-state index contributed by atoms with van der Waals surface area (Å²) in [6.07, 6.45) is 0. The molecule has 2 heterocycles. The second kappa shape index (κ2) is 7.83. The highest BCUT2D eigenvalue weighted by Crippen LogP contribution is 2.31. The van der Waals surface area contributed by atoms with Crippen LogP contribution < -0.4 is 10.2 Å². The SMILES string of the molecule is CC(C)Nc1c(C#N)nnc2cc(-c3cccc(N4CCOCC4)c3)ccc12. The lowest BCUT2D eigenvalue weighted by Crippen LogP contribution is -2.36. The zero-order valence-corrected chi connectivity index (χ0v) is 16.1. The average molecular weight is 373 g/mol. The van der Waals surface area contributed by atoms with Crippen LogP contribution in [0.4, 0.5) is 11.4 Å². The van der Waals surface area contributed by atoms with Gasteiger partial charge in [0.15, 0.2) is 5.69 Å². The van der Waals surface area contributed by atoms with Gasteiger partial charge in [-0.3, -0.25) is 0 Å². The third-order valence-electron chi connectivity index (χ3n) is 4.86. The third kappa shape index (κ3) is 3.62. The van der Waals surface area contributed by atoms with Gasteiger partial charge in [-0.05, 0) is 49.2 Å². The number of fused-ring (bicyclic) bond motifs is 1. The van der Waals surface area contributed by atoms with Crippen LogP contribution in [-0.2, 0) is 4.74 Å². The van der Waals surface area contributed by atoms with E-state index in [1.165, 1.54) is 5.69 Å². The summed E-state index contributed by atoms with van der Waals surface area (Å²) >= 11 is 0. The molecule has 2 aromatic carbocycles. The maximum absolute atomic E-state index is 9.37. The van der Waals surface area contributed by atoms with E-state index in [2.05, 4.69) is 56.8 Å². The normalized spacial score (nSPS) is 14.3. The van der Waals surface area contributed by atoms with E-state index < -0.39 is 0 Å². The molecule has 142 valence electrons. The average Bonchev–Trinajstić information content (AvgIpc) is 2.74. The quantitative estimate of drug-likeness (QED) is 0.749. The van der Waals surface area contributed by atoms with Gasteiger partial charge in [0.25, 0.3) is 0 Å². The molecular formula is C22H23N5O. The molecule has 0 radical (unpaired) electrons. The van der Waals surface area contributed by atoms with Crippen molar-refractivity contribution in [1.29, 1.82) is 5.26 Å². The summed E-state index contributed by atoms with van der Waals surface area (Å²) in [4.78, 5) is 2.34. The van der Waals surface area contributed by atoms with Crippen molar-refractivity contribution in [2.24, 2.45) is 0 Å². The molecule has 6 nitrogen and oxygen atoms in total. The molecule has 6 heteroatoms. The first-order valence-electron chi connectivity index (χ1n) is 9.56. The largest absolute Gasteiger partial charge is 0.380 e. The Bertz CT molecular complexity index is 1030. The topological polar surface area (TPSA) is 74.1 Å². The number of ether oxygens (including phenoxy) is 1. The van der Waals surface area contributed by atoms with Crippen molar-refractivity contribution in [2.75, 3.05) is 36.5 Å². The van der Waals surface area contributed by atoms with Gasteiger partial charge in [0.2, 0.25) is 0 Å². The fraction of sp³-hybridized carbons (Fsp3) is 0.318. The number of anilines is 2. The standard InChI is InChI=1S/C22H23N5O/c1-15(2)24-22-19-7-6-17(13-20(19)25-26-21(22)14-23)16-4-3-5-18(12-16)27-8-10-28-11-9-27/h3-7,12-13,15H,8-11H2,1-2H3,(H,24,25). The van der Waals surface area contributed by atoms with Gasteiger partial charge >= 0.3 is 0 Å². The van der Waals surface area contributed by atoms with Crippen LogP contribution in [0.1, 0.15) is 19.5 Å². The minimum atomic E-state index is 0.199. The Morgan fingerprint density at radius 3 is 2.61 bits per heavy atom. The maximum Gasteiger partial charge on any atom is 0.186 e. The Morgan fingerprint density at radius 2 is 1.86 bits per heavy atom. The van der Waals surface area contributed by atoms with Crippen LogP contribution >= 0.6 is 0 Å². The molecule has 0 atom stereocenters. The number of hydrogen-bond donors (Lipinski definition) is 1. The molecule has 28 heavy (non-hydrogen) atoms. The summed E-state index contributed by atoms with van der Waals surface area (Å²) < 4.78 is 5.46. The van der Waals surface area contributed by atoms with E-state index >= 15 is 0 Å². The third-order valence-corrected chi connectivity index (χ3v) is 4.86. The number of morpholine rings is 1. The van der Waals surface area contributed by atoms with Crippen LogP contribution in [0.3, 0.4) is 0 Å². The van der Waals surface area contributed by atoms with E-state index in [1.54, 1.807) is 0 Å². The molecule has 0 bridgehead atoms. The van der Waals surface area contributed by atoms with Crippen LogP contribution in [0.2, 0.25) is 0 Å². The van der Waals surface area contributed by atoms with E-state index in [0.717, 1.165) is 54.0 Å². The van der Waals surface area contributed by atoms with Crippen molar-refractivity contribution in [3.8, 4) is 17.2 Å². The van der Waals surface area contributed by atoms with Gasteiger partial charge in [-0.2, -0.15) is 5.26 Å². The summed E-state index contributed by atoms with van der Waals surface area (Å²) in [5.41, 5.74) is 5.26. The summed E-state index contributed by atoms with van der Waals surface area (Å²) in [6, 6.07) is 17.0. The number of benzene rings is 2. The Morgan fingerprint density at radius 1 is 1.07 bits per heavy atom. The fourth-order valence-electron chi connectivity index (χ4n) is 3.50. The number of nitriles is 1. The van der Waals surface area contributed by atoms with Gasteiger partial charge in [0.05, 0.1) is 24.4 Å². The Balaban J connectivity index is 1.73. The maximum atomic E-state index is 9.37. The van der Waals surface area contributed by atoms with Crippen molar-refractivity contribution in [2.45, 2.75) is 19.9 Å². The molecule has 1 aromatic heterocycles. The highest BCUT2D eigenvalue weighted by atomic mass is 16.5. The molecule has 0 spiro atoms. The highest BCUT2D eigenvalue weighted by Gasteiger charge is 2.14. The van der Waals surface area contributed by atoms with Gasteiger partial charge < -0.3 is 15.0 Å². The van der Waals surface area contributed by atoms with E-state index in [4.69, 9.17) is 4.74 Å². The zero-order chi connectivity index (χ0) is 19.5. The molecule has 4 rings (SSSR count). The lowest BCUT2D eigenvalue weighted by atomic mass is 10.0. The van der Waals surface area contributed by atoms with Gasteiger partial charge in [-0.1, -0.05) is 18.2 Å². The fourth-order valence-corrected chi connectivity index (χ4v) is 3.50. The monoisotopic (exact) mass is 373 g/mol. The van der Waals surface area contributed by atoms with Gasteiger partial charge in [0, 0.05) is 30.2 Å². The van der Waals surface area contributed by atoms with Crippen molar-refractivity contribution >= 4 is 22.3 Å². The van der Waals surface area contributed by atoms with Crippen LogP contribution in [0.25, 0.3) is 22.0 Å². The molecule has 1 N–H and O–H groups in total. The second-order valence-corrected chi connectivity index (χ2v) is 7.22. The molecule has 0 aliphatic carbocycles. The number of nitrogens with one attached hydrogen (secondary N) is 1. The number of rotatable bonds is 4. The molecule has 1 fully saturated rings. The first kappa shape index (κ1) is 18.2. The Kier molecular flexibility index (Phi) is 5.09. The van der Waals surface area contributed by atoms with E-state index in [0.29, 0.717) is 5.69 Å². The second-order valence-electron chi connectivity index (χ2n) is 7.22. The molecule has 1 aliphatic heterocycles. The lowest BCUT2D eigenvalue weighted by molar-refractivity contribution is 0.122. The molecule has 0 saturated carbocycles. The van der Waals surface area contributed by atoms with Crippen LogP contribution in [-0.4, -0.2) is 42.5 Å². The molecular weight excluding hydrogens is 350 g/mol. The van der Waals surface area contributed by atoms with Crippen molar-refractivity contribution in [3.05, 3.63) is 48.2 Å². The summed E-state index contributed by atoms with van der Waals surface area (Å²) in [5.74, 6) is 0. The van der Waals surface area contributed by atoms with E-state index in [9.17, 15) is 5.26 Å². The predicted molar refractivity (Wildman–Crippen MR) is 111 cm³/mol. The number of nitrogens with zero attached hydrogens (tertiary/aromatic N) is 4. The lowest BCUT2D eigenvalue weighted by Gasteiger charge is -2.29. The molecule has 1 aliphatic rings. The molecule has 0 unspecified atom stereocenters. The molecule has 0 amide bonds. The Hall–Kier alpha value is -3.17. The molecule has 3 aromatic rings. The number of aromatic nitrogens is 2. The van der Waals surface area contributed by atoms with E-state index in [-0.39, 0.29) is 6.04 Å². The predicted octanol–water partition coefficient (Wildman–Crippen LogP) is 3.83. The first-order valence-corrected chi connectivity index (χ1v) is 9.56. The summed E-state index contributed by atoms with van der Waals surface area (Å²) in [6.45, 7) is 7.44. The van der Waals surface area contributed by atoms with Gasteiger partial charge in [0.1, 0.15) is 6.07 Å².